The molecule has 132 valence electrons. The Labute approximate surface area is 145 Å². The van der Waals surface area contributed by atoms with Gasteiger partial charge in [-0.05, 0) is 51.6 Å². The van der Waals surface area contributed by atoms with Crippen LogP contribution in [0.25, 0.3) is 0 Å². The predicted octanol–water partition coefficient (Wildman–Crippen LogP) is 2.62. The number of rotatable bonds is 4. The van der Waals surface area contributed by atoms with Gasteiger partial charge in [0.1, 0.15) is 0 Å². The summed E-state index contributed by atoms with van der Waals surface area (Å²) < 4.78 is 1.87. The van der Waals surface area contributed by atoms with E-state index in [1.807, 2.05) is 29.9 Å². The van der Waals surface area contributed by atoms with Crippen LogP contribution in [0.15, 0.2) is 24.5 Å². The maximum atomic E-state index is 12.8. The van der Waals surface area contributed by atoms with Crippen molar-refractivity contribution in [3.8, 4) is 0 Å². The minimum atomic E-state index is 0.179. The van der Waals surface area contributed by atoms with Crippen molar-refractivity contribution in [2.75, 3.05) is 27.2 Å². The number of nitrogens with zero attached hydrogens (tertiary/aromatic N) is 4. The molecule has 0 bridgehead atoms. The molecule has 2 aliphatic rings. The Kier molecular flexibility index (Phi) is 5.39. The van der Waals surface area contributed by atoms with E-state index in [0.29, 0.717) is 17.9 Å². The smallest absolute Gasteiger partial charge is 0.225 e. The van der Waals surface area contributed by atoms with Crippen molar-refractivity contribution in [2.24, 2.45) is 18.9 Å². The maximum Gasteiger partial charge on any atom is 0.225 e. The first-order valence-corrected chi connectivity index (χ1v) is 9.15. The molecule has 1 amide bonds. The second-order valence-electron chi connectivity index (χ2n) is 7.48. The first-order valence-electron chi connectivity index (χ1n) is 9.15. The van der Waals surface area contributed by atoms with Gasteiger partial charge >= 0.3 is 0 Å². The zero-order valence-electron chi connectivity index (χ0n) is 15.2. The predicted molar refractivity (Wildman–Crippen MR) is 95.4 cm³/mol. The van der Waals surface area contributed by atoms with E-state index in [-0.39, 0.29) is 5.92 Å². The van der Waals surface area contributed by atoms with Crippen LogP contribution in [0.1, 0.15) is 43.7 Å². The van der Waals surface area contributed by atoms with Crippen molar-refractivity contribution in [3.05, 3.63) is 30.1 Å². The number of carbonyl (C=O) groups excluding carboxylic acids is 1. The van der Waals surface area contributed by atoms with E-state index in [9.17, 15) is 4.79 Å². The van der Waals surface area contributed by atoms with E-state index in [1.54, 1.807) is 0 Å². The van der Waals surface area contributed by atoms with Gasteiger partial charge < -0.3 is 4.90 Å². The number of aryl methyl sites for hydroxylation is 1. The molecule has 1 aromatic rings. The van der Waals surface area contributed by atoms with Crippen LogP contribution in [0.5, 0.6) is 0 Å². The molecule has 1 aromatic heterocycles. The third-order valence-electron chi connectivity index (χ3n) is 5.58. The summed E-state index contributed by atoms with van der Waals surface area (Å²) in [6, 6.07) is 0.356. The van der Waals surface area contributed by atoms with Crippen molar-refractivity contribution < 1.29 is 4.79 Å². The monoisotopic (exact) mass is 330 g/mol. The van der Waals surface area contributed by atoms with Crippen molar-refractivity contribution in [1.82, 2.24) is 19.6 Å². The van der Waals surface area contributed by atoms with Gasteiger partial charge in [0.25, 0.3) is 0 Å². The molecule has 2 heterocycles. The van der Waals surface area contributed by atoms with E-state index >= 15 is 0 Å². The van der Waals surface area contributed by atoms with Crippen molar-refractivity contribution >= 4 is 5.91 Å². The average molecular weight is 330 g/mol. The third kappa shape index (κ3) is 3.72. The van der Waals surface area contributed by atoms with Gasteiger partial charge in [-0.15, -0.1) is 0 Å². The number of piperidine rings is 1. The van der Waals surface area contributed by atoms with Gasteiger partial charge in [-0.25, -0.2) is 0 Å². The first kappa shape index (κ1) is 17.2. The summed E-state index contributed by atoms with van der Waals surface area (Å²) in [4.78, 5) is 17.2. The van der Waals surface area contributed by atoms with Crippen LogP contribution < -0.4 is 0 Å². The fourth-order valence-corrected chi connectivity index (χ4v) is 4.34. The Morgan fingerprint density at radius 1 is 1.33 bits per heavy atom. The second kappa shape index (κ2) is 7.51. The number of carbonyl (C=O) groups is 1. The van der Waals surface area contributed by atoms with E-state index in [0.717, 1.165) is 32.4 Å². The molecule has 1 aliphatic carbocycles. The summed E-state index contributed by atoms with van der Waals surface area (Å²) in [5, 5.41) is 4.35. The summed E-state index contributed by atoms with van der Waals surface area (Å²) in [6.45, 7) is 1.95. The molecule has 5 nitrogen and oxygen atoms in total. The van der Waals surface area contributed by atoms with Crippen LogP contribution in [0, 0.1) is 11.8 Å². The number of amides is 1. The average Bonchev–Trinajstić information content (AvgIpc) is 3.01. The molecule has 0 saturated carbocycles. The maximum absolute atomic E-state index is 12.8. The summed E-state index contributed by atoms with van der Waals surface area (Å²) in [5.74, 6) is 0.969. The highest BCUT2D eigenvalue weighted by Gasteiger charge is 2.33. The highest BCUT2D eigenvalue weighted by molar-refractivity contribution is 5.78. The van der Waals surface area contributed by atoms with Crippen LogP contribution in [0.3, 0.4) is 0 Å². The molecule has 0 spiro atoms. The summed E-state index contributed by atoms with van der Waals surface area (Å²) >= 11 is 0. The van der Waals surface area contributed by atoms with Gasteiger partial charge in [0.2, 0.25) is 5.91 Å². The molecule has 0 aromatic carbocycles. The SMILES string of the molecule is CN(C[C@@H]1CCCN(C)[C@H]1c1cnn(C)c1)C(=O)C1CC=CCC1. The molecule has 1 aliphatic heterocycles. The van der Waals surface area contributed by atoms with Crippen molar-refractivity contribution in [1.29, 1.82) is 0 Å². The fraction of sp³-hybridized carbons (Fsp3) is 0.684. The topological polar surface area (TPSA) is 41.4 Å². The lowest BCUT2D eigenvalue weighted by Gasteiger charge is -2.40. The van der Waals surface area contributed by atoms with E-state index in [2.05, 4.69) is 35.4 Å². The summed E-state index contributed by atoms with van der Waals surface area (Å²) in [7, 11) is 6.14. The van der Waals surface area contributed by atoms with Crippen molar-refractivity contribution in [3.63, 3.8) is 0 Å². The third-order valence-corrected chi connectivity index (χ3v) is 5.58. The zero-order valence-corrected chi connectivity index (χ0v) is 15.2. The minimum Gasteiger partial charge on any atom is -0.345 e. The quantitative estimate of drug-likeness (QED) is 0.797. The standard InChI is InChI=1S/C19H30N4O/c1-21-11-7-10-16(18(21)17-12-20-23(3)14-17)13-22(2)19(24)15-8-5-4-6-9-15/h4-5,12,14-16,18H,6-11,13H2,1-3H3/t15?,16-,18+/m0/s1. The normalized spacial score (nSPS) is 28.0. The molecule has 3 atom stereocenters. The molecule has 5 heteroatoms. The summed E-state index contributed by atoms with van der Waals surface area (Å²) in [6.07, 6.45) is 13.8. The minimum absolute atomic E-state index is 0.179. The van der Waals surface area contributed by atoms with Crippen LogP contribution in [0.2, 0.25) is 0 Å². The molecule has 3 rings (SSSR count). The molecule has 1 fully saturated rings. The molecule has 0 N–H and O–H groups in total. The first-order chi connectivity index (χ1) is 11.6. The number of hydrogen-bond acceptors (Lipinski definition) is 3. The Morgan fingerprint density at radius 3 is 2.83 bits per heavy atom. The zero-order chi connectivity index (χ0) is 17.1. The molecule has 24 heavy (non-hydrogen) atoms. The largest absolute Gasteiger partial charge is 0.345 e. The van der Waals surface area contributed by atoms with Gasteiger partial charge in [0.15, 0.2) is 0 Å². The van der Waals surface area contributed by atoms with E-state index in [4.69, 9.17) is 0 Å². The highest BCUT2D eigenvalue weighted by atomic mass is 16.2. The Morgan fingerprint density at radius 2 is 2.17 bits per heavy atom. The van der Waals surface area contributed by atoms with Crippen LogP contribution in [-0.2, 0) is 11.8 Å². The lowest BCUT2D eigenvalue weighted by atomic mass is 9.85. The fourth-order valence-electron chi connectivity index (χ4n) is 4.34. The molecule has 1 unspecified atom stereocenters. The molecule has 0 radical (unpaired) electrons. The van der Waals surface area contributed by atoms with E-state index < -0.39 is 0 Å². The Hall–Kier alpha value is -1.62. The molecular weight excluding hydrogens is 300 g/mol. The lowest BCUT2D eigenvalue weighted by molar-refractivity contribution is -0.135. The van der Waals surface area contributed by atoms with Crippen molar-refractivity contribution in [2.45, 2.75) is 38.1 Å². The van der Waals surface area contributed by atoms with E-state index in [1.165, 1.54) is 18.4 Å². The van der Waals surface area contributed by atoms with Gasteiger partial charge in [-0.3, -0.25) is 14.4 Å². The van der Waals surface area contributed by atoms with Gasteiger partial charge in [0.05, 0.1) is 6.20 Å². The lowest BCUT2D eigenvalue weighted by Crippen LogP contribution is -2.43. The number of hydrogen-bond donors (Lipinski definition) is 0. The van der Waals surface area contributed by atoms with Crippen LogP contribution >= 0.6 is 0 Å². The Balaban J connectivity index is 1.69. The van der Waals surface area contributed by atoms with Gasteiger partial charge in [0, 0.05) is 44.4 Å². The molecule has 1 saturated heterocycles. The van der Waals surface area contributed by atoms with Gasteiger partial charge in [-0.2, -0.15) is 5.10 Å². The highest BCUT2D eigenvalue weighted by Crippen LogP contribution is 2.35. The number of allylic oxidation sites excluding steroid dienone is 2. The van der Waals surface area contributed by atoms with Crippen LogP contribution in [0.4, 0.5) is 0 Å². The van der Waals surface area contributed by atoms with Gasteiger partial charge in [-0.1, -0.05) is 12.2 Å². The number of aromatic nitrogens is 2. The van der Waals surface area contributed by atoms with Crippen LogP contribution in [-0.4, -0.2) is 52.7 Å². The second-order valence-corrected chi connectivity index (χ2v) is 7.48. The number of likely N-dealkylation sites (tertiary alicyclic amines) is 1. The molecular formula is C19H30N4O. The Bertz CT molecular complexity index is 594. The summed E-state index contributed by atoms with van der Waals surface area (Å²) in [5.41, 5.74) is 1.27.